The van der Waals surface area contributed by atoms with Crippen LogP contribution in [0.1, 0.15) is 71.1 Å². The van der Waals surface area contributed by atoms with Crippen molar-refractivity contribution >= 4 is 5.97 Å². The van der Waals surface area contributed by atoms with Crippen LogP contribution in [0.15, 0.2) is 60.8 Å². The average Bonchev–Trinajstić information content (AvgIpc) is 2.56. The molecule has 0 unspecified atom stereocenters. The monoisotopic (exact) mass is 330 g/mol. The second-order valence-corrected chi connectivity index (χ2v) is 5.75. The molecule has 0 rings (SSSR count). The zero-order valence-corrected chi connectivity index (χ0v) is 15.2. The molecule has 2 heteroatoms. The second kappa shape index (κ2) is 19.2. The second-order valence-electron chi connectivity index (χ2n) is 5.75. The van der Waals surface area contributed by atoms with Crippen LogP contribution in [-0.2, 0) is 4.79 Å². The topological polar surface area (TPSA) is 37.3 Å². The van der Waals surface area contributed by atoms with E-state index in [2.05, 4.69) is 49.5 Å². The van der Waals surface area contributed by atoms with Crippen molar-refractivity contribution in [2.24, 2.45) is 0 Å². The lowest BCUT2D eigenvalue weighted by atomic mass is 10.2. The van der Waals surface area contributed by atoms with E-state index in [9.17, 15) is 4.79 Å². The van der Waals surface area contributed by atoms with E-state index in [0.29, 0.717) is 6.42 Å². The predicted octanol–water partition coefficient (Wildman–Crippen LogP) is 6.77. The fourth-order valence-corrected chi connectivity index (χ4v) is 2.04. The fraction of sp³-hybridized carbons (Fsp3) is 0.500. The molecule has 0 aliphatic carbocycles. The highest BCUT2D eigenvalue weighted by Gasteiger charge is 1.90. The van der Waals surface area contributed by atoms with Gasteiger partial charge in [-0.2, -0.15) is 0 Å². The van der Waals surface area contributed by atoms with Crippen molar-refractivity contribution in [3.63, 3.8) is 0 Å². The van der Waals surface area contributed by atoms with E-state index < -0.39 is 5.97 Å². The van der Waals surface area contributed by atoms with Gasteiger partial charge in [-0.15, -0.1) is 0 Å². The van der Waals surface area contributed by atoms with Crippen LogP contribution in [-0.4, -0.2) is 11.1 Å². The number of unbranched alkanes of at least 4 members (excludes halogenated alkanes) is 4. The van der Waals surface area contributed by atoms with Gasteiger partial charge in [0.15, 0.2) is 0 Å². The highest BCUT2D eigenvalue weighted by molar-refractivity contribution is 5.66. The van der Waals surface area contributed by atoms with E-state index in [-0.39, 0.29) is 6.42 Å². The van der Waals surface area contributed by atoms with Crippen LogP contribution < -0.4 is 0 Å². The summed E-state index contributed by atoms with van der Waals surface area (Å²) in [6.07, 6.45) is 31.4. The van der Waals surface area contributed by atoms with Crippen molar-refractivity contribution in [3.05, 3.63) is 60.8 Å². The highest BCUT2D eigenvalue weighted by atomic mass is 16.4. The zero-order chi connectivity index (χ0) is 17.7. The molecule has 24 heavy (non-hydrogen) atoms. The molecule has 2 nitrogen and oxygen atoms in total. The van der Waals surface area contributed by atoms with E-state index in [1.807, 2.05) is 18.2 Å². The molecule has 0 aromatic rings. The number of hydrogen-bond acceptors (Lipinski definition) is 1. The lowest BCUT2D eigenvalue weighted by Gasteiger charge is -1.90. The van der Waals surface area contributed by atoms with Gasteiger partial charge in [0.25, 0.3) is 0 Å². The number of aliphatic carboxylic acids is 1. The molecule has 0 spiro atoms. The first-order valence-corrected chi connectivity index (χ1v) is 9.25. The van der Waals surface area contributed by atoms with E-state index in [4.69, 9.17) is 5.11 Å². The maximum Gasteiger partial charge on any atom is 0.303 e. The maximum absolute atomic E-state index is 10.3. The van der Waals surface area contributed by atoms with E-state index in [1.165, 1.54) is 25.7 Å². The van der Waals surface area contributed by atoms with Crippen molar-refractivity contribution in [1.29, 1.82) is 0 Å². The van der Waals surface area contributed by atoms with Crippen LogP contribution in [0.5, 0.6) is 0 Å². The summed E-state index contributed by atoms with van der Waals surface area (Å²) in [6, 6.07) is 0. The van der Waals surface area contributed by atoms with E-state index in [1.54, 1.807) is 0 Å². The summed E-state index contributed by atoms with van der Waals surface area (Å²) < 4.78 is 0. The van der Waals surface area contributed by atoms with Crippen molar-refractivity contribution in [2.75, 3.05) is 0 Å². The SMILES string of the molecule is CCCCCC=CCC=CCCC=CC=CCC=CCCC(=O)O. The average molecular weight is 331 g/mol. The van der Waals surface area contributed by atoms with Crippen LogP contribution in [0.3, 0.4) is 0 Å². The standard InChI is InChI=1S/C22H34O2/c1-2-3-4-5-6-7-8-9-10-11-12-13-14-15-16-17-18-19-20-21-22(23)24/h6-7,9-10,13-16,18-19H,2-5,8,11-12,17,20-21H2,1H3,(H,23,24). The Labute approximate surface area is 148 Å². The van der Waals surface area contributed by atoms with Gasteiger partial charge in [0.2, 0.25) is 0 Å². The Morgan fingerprint density at radius 1 is 0.708 bits per heavy atom. The number of rotatable bonds is 15. The lowest BCUT2D eigenvalue weighted by Crippen LogP contribution is -1.91. The molecule has 0 heterocycles. The first-order chi connectivity index (χ1) is 11.8. The van der Waals surface area contributed by atoms with Gasteiger partial charge in [-0.1, -0.05) is 80.5 Å². The Morgan fingerprint density at radius 2 is 1.29 bits per heavy atom. The third kappa shape index (κ3) is 20.2. The summed E-state index contributed by atoms with van der Waals surface area (Å²) in [7, 11) is 0. The Morgan fingerprint density at radius 3 is 2.00 bits per heavy atom. The molecular formula is C22H34O2. The largest absolute Gasteiger partial charge is 0.481 e. The zero-order valence-electron chi connectivity index (χ0n) is 15.2. The minimum absolute atomic E-state index is 0.211. The van der Waals surface area contributed by atoms with Crippen molar-refractivity contribution in [3.8, 4) is 0 Å². The van der Waals surface area contributed by atoms with E-state index in [0.717, 1.165) is 25.7 Å². The smallest absolute Gasteiger partial charge is 0.303 e. The number of carboxylic acids is 1. The molecule has 0 amide bonds. The Kier molecular flexibility index (Phi) is 17.8. The molecule has 0 atom stereocenters. The minimum Gasteiger partial charge on any atom is -0.481 e. The van der Waals surface area contributed by atoms with Crippen LogP contribution in [0.25, 0.3) is 0 Å². The van der Waals surface area contributed by atoms with Crippen molar-refractivity contribution < 1.29 is 9.90 Å². The van der Waals surface area contributed by atoms with Crippen LogP contribution >= 0.6 is 0 Å². The third-order valence-electron chi connectivity index (χ3n) is 3.43. The molecule has 0 saturated carbocycles. The Balaban J connectivity index is 3.46. The third-order valence-corrected chi connectivity index (χ3v) is 3.43. The first kappa shape index (κ1) is 22.2. The number of carboxylic acid groups (broad SMARTS) is 1. The summed E-state index contributed by atoms with van der Waals surface area (Å²) in [5, 5.41) is 8.49. The molecule has 0 radical (unpaired) electrons. The van der Waals surface area contributed by atoms with Gasteiger partial charge in [0.05, 0.1) is 0 Å². The predicted molar refractivity (Wildman–Crippen MR) is 105 cm³/mol. The maximum atomic E-state index is 10.3. The van der Waals surface area contributed by atoms with E-state index >= 15 is 0 Å². The van der Waals surface area contributed by atoms with Gasteiger partial charge in [-0.25, -0.2) is 0 Å². The van der Waals surface area contributed by atoms with Gasteiger partial charge in [-0.3, -0.25) is 4.79 Å². The van der Waals surface area contributed by atoms with Crippen LogP contribution in [0, 0.1) is 0 Å². The van der Waals surface area contributed by atoms with Crippen LogP contribution in [0.2, 0.25) is 0 Å². The molecule has 0 saturated heterocycles. The summed E-state index contributed by atoms with van der Waals surface area (Å²) in [5.41, 5.74) is 0. The molecule has 0 aromatic carbocycles. The van der Waals surface area contributed by atoms with Crippen molar-refractivity contribution in [1.82, 2.24) is 0 Å². The fourth-order valence-electron chi connectivity index (χ4n) is 2.04. The van der Waals surface area contributed by atoms with Crippen LogP contribution in [0.4, 0.5) is 0 Å². The number of carbonyl (C=O) groups is 1. The molecule has 0 aliphatic rings. The van der Waals surface area contributed by atoms with Gasteiger partial charge in [-0.05, 0) is 44.9 Å². The lowest BCUT2D eigenvalue weighted by molar-refractivity contribution is -0.136. The molecule has 134 valence electrons. The molecular weight excluding hydrogens is 296 g/mol. The molecule has 0 fully saturated rings. The number of hydrogen-bond donors (Lipinski definition) is 1. The van der Waals surface area contributed by atoms with Gasteiger partial charge in [0, 0.05) is 6.42 Å². The quantitative estimate of drug-likeness (QED) is 0.204. The van der Waals surface area contributed by atoms with Crippen molar-refractivity contribution in [2.45, 2.75) is 71.1 Å². The summed E-state index contributed by atoms with van der Waals surface area (Å²) >= 11 is 0. The molecule has 0 bridgehead atoms. The summed E-state index contributed by atoms with van der Waals surface area (Å²) in [5.74, 6) is -0.741. The highest BCUT2D eigenvalue weighted by Crippen LogP contribution is 2.01. The normalized spacial score (nSPS) is 12.7. The summed E-state index contributed by atoms with van der Waals surface area (Å²) in [6.45, 7) is 2.24. The van der Waals surface area contributed by atoms with Gasteiger partial charge in [0.1, 0.15) is 0 Å². The number of allylic oxidation sites excluding steroid dienone is 10. The van der Waals surface area contributed by atoms with Gasteiger partial charge >= 0.3 is 5.97 Å². The van der Waals surface area contributed by atoms with Gasteiger partial charge < -0.3 is 5.11 Å². The minimum atomic E-state index is -0.741. The molecule has 0 aromatic heterocycles. The summed E-state index contributed by atoms with van der Waals surface area (Å²) in [4.78, 5) is 10.3. The molecule has 1 N–H and O–H groups in total. The Hall–Kier alpha value is -1.83. The Bertz CT molecular complexity index is 425. The molecule has 0 aliphatic heterocycles. The first-order valence-electron chi connectivity index (χ1n) is 9.25.